The zero-order valence-corrected chi connectivity index (χ0v) is 8.31. The summed E-state index contributed by atoms with van der Waals surface area (Å²) in [6, 6.07) is 2.40. The Hall–Kier alpha value is -1.00. The van der Waals surface area contributed by atoms with Crippen LogP contribution >= 0.6 is 0 Å². The number of methoxy groups -OCH3 is 1. The molecule has 1 aromatic heterocycles. The van der Waals surface area contributed by atoms with Crippen LogP contribution in [0.2, 0.25) is 0 Å². The third kappa shape index (κ3) is 2.27. The second-order valence-corrected chi connectivity index (χ2v) is 3.57. The molecular weight excluding hydrogens is 178 g/mol. The van der Waals surface area contributed by atoms with Crippen LogP contribution in [0.5, 0.6) is 0 Å². The molecule has 0 bridgehead atoms. The summed E-state index contributed by atoms with van der Waals surface area (Å²) >= 11 is 0. The van der Waals surface area contributed by atoms with Crippen LogP contribution in [0.3, 0.4) is 0 Å². The van der Waals surface area contributed by atoms with Crippen LogP contribution in [0.25, 0.3) is 0 Å². The summed E-state index contributed by atoms with van der Waals surface area (Å²) in [5.74, 6) is 0.855. The lowest BCUT2D eigenvalue weighted by molar-refractivity contribution is 0.0168. The first-order valence-electron chi connectivity index (χ1n) is 4.90. The van der Waals surface area contributed by atoms with Gasteiger partial charge in [-0.3, -0.25) is 0 Å². The van der Waals surface area contributed by atoms with Crippen molar-refractivity contribution in [1.29, 1.82) is 0 Å². The minimum atomic E-state index is 0.448. The van der Waals surface area contributed by atoms with Crippen LogP contribution in [0.15, 0.2) is 18.5 Å². The number of aromatic nitrogens is 2. The van der Waals surface area contributed by atoms with E-state index in [0.717, 1.165) is 25.2 Å². The Morgan fingerprint density at radius 2 is 2.14 bits per heavy atom. The largest absolute Gasteiger partial charge is 0.381 e. The van der Waals surface area contributed by atoms with E-state index in [4.69, 9.17) is 4.74 Å². The van der Waals surface area contributed by atoms with Gasteiger partial charge in [0, 0.05) is 25.5 Å². The summed E-state index contributed by atoms with van der Waals surface area (Å²) in [5, 5.41) is 3.39. The second-order valence-electron chi connectivity index (χ2n) is 3.57. The molecule has 0 radical (unpaired) electrons. The molecule has 1 aliphatic carbocycles. The quantitative estimate of drug-likeness (QED) is 0.766. The van der Waals surface area contributed by atoms with Gasteiger partial charge in [0.1, 0.15) is 5.82 Å². The van der Waals surface area contributed by atoms with E-state index in [1.165, 1.54) is 0 Å². The number of hydrogen-bond acceptors (Lipinski definition) is 4. The van der Waals surface area contributed by atoms with Gasteiger partial charge in [-0.1, -0.05) is 0 Å². The van der Waals surface area contributed by atoms with Gasteiger partial charge < -0.3 is 10.1 Å². The van der Waals surface area contributed by atoms with E-state index in [9.17, 15) is 0 Å². The molecule has 1 N–H and O–H groups in total. The average Bonchev–Trinajstić information content (AvgIpc) is 2.17. The van der Waals surface area contributed by atoms with Crippen LogP contribution in [-0.4, -0.2) is 29.2 Å². The third-order valence-corrected chi connectivity index (χ3v) is 2.60. The van der Waals surface area contributed by atoms with E-state index >= 15 is 0 Å². The molecule has 1 heterocycles. The molecule has 1 aromatic rings. The Morgan fingerprint density at radius 3 is 2.79 bits per heavy atom. The molecule has 0 aliphatic heterocycles. The van der Waals surface area contributed by atoms with Crippen molar-refractivity contribution in [2.45, 2.75) is 31.5 Å². The standard InChI is InChI=1S/C10H15N3O/c1-14-9-5-8(6-9)13-7-10-11-3-2-4-12-10/h2-4,8-9,13H,5-7H2,1H3. The highest BCUT2D eigenvalue weighted by Crippen LogP contribution is 2.22. The fraction of sp³-hybridized carbons (Fsp3) is 0.600. The molecular formula is C10H15N3O. The molecule has 1 aliphatic rings. The van der Waals surface area contributed by atoms with Gasteiger partial charge in [0.15, 0.2) is 0 Å². The van der Waals surface area contributed by atoms with Gasteiger partial charge in [-0.25, -0.2) is 9.97 Å². The van der Waals surface area contributed by atoms with Crippen molar-refractivity contribution in [3.05, 3.63) is 24.3 Å². The van der Waals surface area contributed by atoms with Gasteiger partial charge >= 0.3 is 0 Å². The molecule has 0 spiro atoms. The minimum absolute atomic E-state index is 0.448. The second kappa shape index (κ2) is 4.48. The maximum atomic E-state index is 5.20. The lowest BCUT2D eigenvalue weighted by atomic mass is 9.89. The lowest BCUT2D eigenvalue weighted by Crippen LogP contribution is -2.44. The van der Waals surface area contributed by atoms with Crippen molar-refractivity contribution in [3.8, 4) is 0 Å². The van der Waals surface area contributed by atoms with Crippen molar-refractivity contribution in [2.24, 2.45) is 0 Å². The van der Waals surface area contributed by atoms with Crippen LogP contribution < -0.4 is 5.32 Å². The first-order valence-corrected chi connectivity index (χ1v) is 4.90. The van der Waals surface area contributed by atoms with E-state index in [2.05, 4.69) is 15.3 Å². The van der Waals surface area contributed by atoms with Crippen LogP contribution in [0.4, 0.5) is 0 Å². The predicted molar refractivity (Wildman–Crippen MR) is 52.7 cm³/mol. The molecule has 76 valence electrons. The summed E-state index contributed by atoms with van der Waals surface area (Å²) in [7, 11) is 1.77. The van der Waals surface area contributed by atoms with Crippen molar-refractivity contribution < 1.29 is 4.74 Å². The topological polar surface area (TPSA) is 47.0 Å². The molecule has 14 heavy (non-hydrogen) atoms. The third-order valence-electron chi connectivity index (χ3n) is 2.60. The van der Waals surface area contributed by atoms with E-state index in [0.29, 0.717) is 12.1 Å². The van der Waals surface area contributed by atoms with Gasteiger partial charge in [0.25, 0.3) is 0 Å². The van der Waals surface area contributed by atoms with Gasteiger partial charge in [0.2, 0.25) is 0 Å². The molecule has 4 nitrogen and oxygen atoms in total. The highest BCUT2D eigenvalue weighted by atomic mass is 16.5. The first-order chi connectivity index (χ1) is 6.88. The Bertz CT molecular complexity index is 272. The number of nitrogens with one attached hydrogen (secondary N) is 1. The van der Waals surface area contributed by atoms with Crippen molar-refractivity contribution >= 4 is 0 Å². The molecule has 0 atom stereocenters. The van der Waals surface area contributed by atoms with Gasteiger partial charge in [-0.05, 0) is 18.9 Å². The van der Waals surface area contributed by atoms with Crippen LogP contribution in [-0.2, 0) is 11.3 Å². The van der Waals surface area contributed by atoms with Gasteiger partial charge in [-0.15, -0.1) is 0 Å². The Balaban J connectivity index is 1.69. The molecule has 1 saturated carbocycles. The Morgan fingerprint density at radius 1 is 1.43 bits per heavy atom. The summed E-state index contributed by atoms with van der Waals surface area (Å²) in [6.07, 6.45) is 6.18. The molecule has 4 heteroatoms. The summed E-state index contributed by atoms with van der Waals surface area (Å²) in [4.78, 5) is 8.29. The Kier molecular flexibility index (Phi) is 3.06. The molecule has 0 saturated heterocycles. The predicted octanol–water partition coefficient (Wildman–Crippen LogP) is 0.744. The summed E-state index contributed by atoms with van der Waals surface area (Å²) < 4.78 is 5.20. The van der Waals surface area contributed by atoms with E-state index in [-0.39, 0.29) is 0 Å². The van der Waals surface area contributed by atoms with Crippen molar-refractivity contribution in [2.75, 3.05) is 7.11 Å². The van der Waals surface area contributed by atoms with Gasteiger partial charge in [0.05, 0.1) is 12.6 Å². The molecule has 0 amide bonds. The zero-order chi connectivity index (χ0) is 9.80. The van der Waals surface area contributed by atoms with Crippen LogP contribution in [0, 0.1) is 0 Å². The number of rotatable bonds is 4. The number of ether oxygens (including phenoxy) is 1. The van der Waals surface area contributed by atoms with E-state index in [1.807, 2.05) is 6.07 Å². The normalized spacial score (nSPS) is 25.8. The monoisotopic (exact) mass is 193 g/mol. The summed E-state index contributed by atoms with van der Waals surface area (Å²) in [5.41, 5.74) is 0. The zero-order valence-electron chi connectivity index (χ0n) is 8.31. The SMILES string of the molecule is COC1CC(NCc2ncccn2)C1. The maximum absolute atomic E-state index is 5.20. The molecule has 0 aromatic carbocycles. The molecule has 0 unspecified atom stereocenters. The lowest BCUT2D eigenvalue weighted by Gasteiger charge is -2.34. The fourth-order valence-electron chi connectivity index (χ4n) is 1.58. The summed E-state index contributed by atoms with van der Waals surface area (Å²) in [6.45, 7) is 0.752. The van der Waals surface area contributed by atoms with Crippen molar-refractivity contribution in [1.82, 2.24) is 15.3 Å². The molecule has 2 rings (SSSR count). The number of nitrogens with zero attached hydrogens (tertiary/aromatic N) is 2. The highest BCUT2D eigenvalue weighted by Gasteiger charge is 2.28. The Labute approximate surface area is 83.7 Å². The minimum Gasteiger partial charge on any atom is -0.381 e. The first kappa shape index (κ1) is 9.55. The maximum Gasteiger partial charge on any atom is 0.141 e. The molecule has 1 fully saturated rings. The van der Waals surface area contributed by atoms with E-state index < -0.39 is 0 Å². The van der Waals surface area contributed by atoms with Crippen LogP contribution in [0.1, 0.15) is 18.7 Å². The fourth-order valence-corrected chi connectivity index (χ4v) is 1.58. The van der Waals surface area contributed by atoms with E-state index in [1.54, 1.807) is 19.5 Å². The van der Waals surface area contributed by atoms with Crippen molar-refractivity contribution in [3.63, 3.8) is 0 Å². The highest BCUT2D eigenvalue weighted by molar-refractivity contribution is 4.91. The number of hydrogen-bond donors (Lipinski definition) is 1. The smallest absolute Gasteiger partial charge is 0.141 e. The average molecular weight is 193 g/mol. The van der Waals surface area contributed by atoms with Gasteiger partial charge in [-0.2, -0.15) is 0 Å².